The van der Waals surface area contributed by atoms with Crippen molar-refractivity contribution >= 4 is 15.9 Å². The van der Waals surface area contributed by atoms with Crippen molar-refractivity contribution in [3.8, 4) is 0 Å². The van der Waals surface area contributed by atoms with Crippen molar-refractivity contribution in [2.45, 2.75) is 57.0 Å². The Morgan fingerprint density at radius 2 is 2.06 bits per heavy atom. The second-order valence-corrected chi connectivity index (χ2v) is 6.07. The number of nitrogens with zero attached hydrogens (tertiary/aromatic N) is 3. The lowest BCUT2D eigenvalue weighted by atomic mass is 10.1. The van der Waals surface area contributed by atoms with Gasteiger partial charge in [0.05, 0.1) is 11.4 Å². The van der Waals surface area contributed by atoms with Crippen molar-refractivity contribution < 1.29 is 4.74 Å². The molecule has 0 aromatic carbocycles. The molecule has 1 aromatic rings. The SMILES string of the molecule is CC(C)(C)n1c(CBr)nnc1CC1CCCO1. The molecule has 0 bridgehead atoms. The highest BCUT2D eigenvalue weighted by molar-refractivity contribution is 9.08. The Balaban J connectivity index is 2.23. The zero-order chi connectivity index (χ0) is 12.5. The van der Waals surface area contributed by atoms with Gasteiger partial charge in [-0.05, 0) is 33.6 Å². The van der Waals surface area contributed by atoms with Crippen LogP contribution < -0.4 is 0 Å². The first-order chi connectivity index (χ1) is 8.02. The second-order valence-electron chi connectivity index (χ2n) is 5.51. The lowest BCUT2D eigenvalue weighted by Crippen LogP contribution is -2.27. The normalized spacial score (nSPS) is 21.1. The van der Waals surface area contributed by atoms with Gasteiger partial charge in [0.1, 0.15) is 11.6 Å². The van der Waals surface area contributed by atoms with E-state index in [0.29, 0.717) is 6.10 Å². The van der Waals surface area contributed by atoms with Crippen molar-refractivity contribution in [3.05, 3.63) is 11.6 Å². The summed E-state index contributed by atoms with van der Waals surface area (Å²) in [6.07, 6.45) is 3.50. The fourth-order valence-electron chi connectivity index (χ4n) is 2.36. The largest absolute Gasteiger partial charge is 0.378 e. The Morgan fingerprint density at radius 3 is 2.59 bits per heavy atom. The number of aromatic nitrogens is 3. The van der Waals surface area contributed by atoms with Gasteiger partial charge in [0.15, 0.2) is 0 Å². The molecule has 4 nitrogen and oxygen atoms in total. The molecule has 1 aliphatic rings. The van der Waals surface area contributed by atoms with Gasteiger partial charge in [-0.3, -0.25) is 0 Å². The Morgan fingerprint density at radius 1 is 1.35 bits per heavy atom. The molecule has 17 heavy (non-hydrogen) atoms. The summed E-state index contributed by atoms with van der Waals surface area (Å²) in [5.74, 6) is 2.03. The fourth-order valence-corrected chi connectivity index (χ4v) is 2.72. The Hall–Kier alpha value is -0.420. The van der Waals surface area contributed by atoms with E-state index >= 15 is 0 Å². The van der Waals surface area contributed by atoms with Crippen molar-refractivity contribution in [2.75, 3.05) is 6.61 Å². The van der Waals surface area contributed by atoms with Gasteiger partial charge in [0, 0.05) is 18.6 Å². The molecule has 0 N–H and O–H groups in total. The molecule has 1 aliphatic heterocycles. The van der Waals surface area contributed by atoms with Crippen LogP contribution in [0.1, 0.15) is 45.3 Å². The summed E-state index contributed by atoms with van der Waals surface area (Å²) in [5.41, 5.74) is 0.0144. The van der Waals surface area contributed by atoms with Crippen LogP contribution in [0.3, 0.4) is 0 Å². The zero-order valence-corrected chi connectivity index (χ0v) is 12.3. The van der Waals surface area contributed by atoms with Crippen LogP contribution in [0.25, 0.3) is 0 Å². The summed E-state index contributed by atoms with van der Waals surface area (Å²) in [7, 11) is 0. The fraction of sp³-hybridized carbons (Fsp3) is 0.833. The number of hydrogen-bond donors (Lipinski definition) is 0. The number of alkyl halides is 1. The van der Waals surface area contributed by atoms with Crippen LogP contribution in [0, 0.1) is 0 Å². The topological polar surface area (TPSA) is 39.9 Å². The van der Waals surface area contributed by atoms with Crippen LogP contribution in [-0.4, -0.2) is 27.5 Å². The molecule has 0 saturated carbocycles. The molecule has 0 aliphatic carbocycles. The third kappa shape index (κ3) is 2.88. The minimum absolute atomic E-state index is 0.0144. The van der Waals surface area contributed by atoms with E-state index < -0.39 is 0 Å². The summed E-state index contributed by atoms with van der Waals surface area (Å²) < 4.78 is 7.90. The summed E-state index contributed by atoms with van der Waals surface area (Å²) in [4.78, 5) is 0. The van der Waals surface area contributed by atoms with E-state index in [1.807, 2.05) is 0 Å². The maximum atomic E-state index is 5.67. The summed E-state index contributed by atoms with van der Waals surface area (Å²) in [5, 5.41) is 9.31. The third-order valence-electron chi connectivity index (χ3n) is 3.02. The highest BCUT2D eigenvalue weighted by Crippen LogP contribution is 2.23. The molecule has 1 saturated heterocycles. The molecule has 5 heteroatoms. The first-order valence-electron chi connectivity index (χ1n) is 6.13. The minimum Gasteiger partial charge on any atom is -0.378 e. The van der Waals surface area contributed by atoms with Crippen LogP contribution in [0.15, 0.2) is 0 Å². The second kappa shape index (κ2) is 5.06. The van der Waals surface area contributed by atoms with Crippen molar-refractivity contribution in [3.63, 3.8) is 0 Å². The van der Waals surface area contributed by atoms with Crippen LogP contribution in [-0.2, 0) is 22.0 Å². The Bertz CT molecular complexity index is 378. The molecule has 1 fully saturated rings. The number of hydrogen-bond acceptors (Lipinski definition) is 3. The quantitative estimate of drug-likeness (QED) is 0.806. The maximum absolute atomic E-state index is 5.67. The summed E-state index contributed by atoms with van der Waals surface area (Å²) in [6.45, 7) is 7.43. The molecule has 2 rings (SSSR count). The molecule has 96 valence electrons. The van der Waals surface area contributed by atoms with Crippen molar-refractivity contribution in [1.29, 1.82) is 0 Å². The maximum Gasteiger partial charge on any atom is 0.144 e. The molecule has 1 atom stereocenters. The first-order valence-corrected chi connectivity index (χ1v) is 7.25. The first kappa shape index (κ1) is 13.0. The molecule has 1 aromatic heterocycles. The lowest BCUT2D eigenvalue weighted by Gasteiger charge is -2.25. The number of ether oxygens (including phenoxy) is 1. The molecule has 1 unspecified atom stereocenters. The lowest BCUT2D eigenvalue weighted by molar-refractivity contribution is 0.108. The van der Waals surface area contributed by atoms with Crippen LogP contribution in [0.2, 0.25) is 0 Å². The highest BCUT2D eigenvalue weighted by Gasteiger charge is 2.25. The van der Waals surface area contributed by atoms with Crippen molar-refractivity contribution in [2.24, 2.45) is 0 Å². The van der Waals surface area contributed by atoms with Gasteiger partial charge in [0.2, 0.25) is 0 Å². The zero-order valence-electron chi connectivity index (χ0n) is 10.7. The molecule has 0 radical (unpaired) electrons. The minimum atomic E-state index is 0.0144. The monoisotopic (exact) mass is 301 g/mol. The molecular formula is C12H20BrN3O. The summed E-state index contributed by atoms with van der Waals surface area (Å²) >= 11 is 3.47. The van der Waals surface area contributed by atoms with Crippen LogP contribution >= 0.6 is 15.9 Å². The van der Waals surface area contributed by atoms with E-state index in [2.05, 4.69) is 51.5 Å². The molecule has 0 amide bonds. The molecule has 2 heterocycles. The van der Waals surface area contributed by atoms with Gasteiger partial charge in [0.25, 0.3) is 0 Å². The van der Waals surface area contributed by atoms with E-state index in [1.54, 1.807) is 0 Å². The average molecular weight is 302 g/mol. The van der Waals surface area contributed by atoms with Gasteiger partial charge in [-0.25, -0.2) is 0 Å². The standard InChI is InChI=1S/C12H20BrN3O/c1-12(2,3)16-10(14-15-11(16)8-13)7-9-5-4-6-17-9/h9H,4-8H2,1-3H3. The number of rotatable bonds is 3. The van der Waals surface area contributed by atoms with Gasteiger partial charge >= 0.3 is 0 Å². The molecular weight excluding hydrogens is 282 g/mol. The van der Waals surface area contributed by atoms with Gasteiger partial charge in [-0.1, -0.05) is 15.9 Å². The average Bonchev–Trinajstić information content (AvgIpc) is 2.85. The third-order valence-corrected chi connectivity index (χ3v) is 3.52. The van der Waals surface area contributed by atoms with E-state index in [0.717, 1.165) is 36.4 Å². The number of halogens is 1. The Kier molecular flexibility index (Phi) is 3.88. The molecule has 0 spiro atoms. The van der Waals surface area contributed by atoms with Crippen molar-refractivity contribution in [1.82, 2.24) is 14.8 Å². The van der Waals surface area contributed by atoms with Gasteiger partial charge < -0.3 is 9.30 Å². The Labute approximate surface area is 111 Å². The van der Waals surface area contributed by atoms with E-state index in [1.165, 1.54) is 6.42 Å². The highest BCUT2D eigenvalue weighted by atomic mass is 79.9. The van der Waals surface area contributed by atoms with Gasteiger partial charge in [-0.2, -0.15) is 0 Å². The van der Waals surface area contributed by atoms with E-state index in [9.17, 15) is 0 Å². The van der Waals surface area contributed by atoms with Gasteiger partial charge in [-0.15, -0.1) is 10.2 Å². The van der Waals surface area contributed by atoms with E-state index in [4.69, 9.17) is 4.74 Å². The van der Waals surface area contributed by atoms with Crippen LogP contribution in [0.4, 0.5) is 0 Å². The van der Waals surface area contributed by atoms with Crippen LogP contribution in [0.5, 0.6) is 0 Å². The van der Waals surface area contributed by atoms with E-state index in [-0.39, 0.29) is 5.54 Å². The predicted octanol–water partition coefficient (Wildman–Crippen LogP) is 2.65. The predicted molar refractivity (Wildman–Crippen MR) is 70.3 cm³/mol. The summed E-state index contributed by atoms with van der Waals surface area (Å²) in [6, 6.07) is 0. The smallest absolute Gasteiger partial charge is 0.144 e.